The molecule has 114 valence electrons. The van der Waals surface area contributed by atoms with E-state index >= 15 is 0 Å². The van der Waals surface area contributed by atoms with Gasteiger partial charge in [-0.15, -0.1) is 0 Å². The van der Waals surface area contributed by atoms with E-state index in [1.807, 2.05) is 24.3 Å². The van der Waals surface area contributed by atoms with Crippen LogP contribution in [0, 0.1) is 5.92 Å². The van der Waals surface area contributed by atoms with Crippen molar-refractivity contribution in [2.75, 3.05) is 25.0 Å². The largest absolute Gasteiger partial charge is 0.369 e. The van der Waals surface area contributed by atoms with Crippen LogP contribution in [0.2, 0.25) is 0 Å². The lowest BCUT2D eigenvalue weighted by atomic mass is 10.1. The molecule has 21 heavy (non-hydrogen) atoms. The van der Waals surface area contributed by atoms with E-state index in [4.69, 9.17) is 11.5 Å². The highest BCUT2D eigenvalue weighted by Crippen LogP contribution is 2.16. The van der Waals surface area contributed by atoms with Crippen molar-refractivity contribution in [2.45, 2.75) is 19.4 Å². The van der Waals surface area contributed by atoms with Crippen LogP contribution in [-0.2, 0) is 16.1 Å². The van der Waals surface area contributed by atoms with E-state index in [0.717, 1.165) is 24.2 Å². The van der Waals surface area contributed by atoms with Crippen LogP contribution >= 0.6 is 0 Å². The molecule has 1 unspecified atom stereocenters. The number of carbonyl (C=O) groups is 2. The van der Waals surface area contributed by atoms with Gasteiger partial charge in [0.25, 0.3) is 0 Å². The number of carbonyl (C=O) groups excluding carboxylic acids is 2. The number of likely N-dealkylation sites (tertiary alicyclic amines) is 1. The molecule has 1 heterocycles. The van der Waals surface area contributed by atoms with Crippen molar-refractivity contribution in [2.24, 2.45) is 17.4 Å². The Labute approximate surface area is 124 Å². The standard InChI is InChI=1S/C15H22N4O2/c16-9-11-1-3-13(4-2-11)18-14(20)6-8-19-7-5-12(10-19)15(17)21/h1-4,12H,5-10,16H2,(H2,17,21)(H,18,20). The summed E-state index contributed by atoms with van der Waals surface area (Å²) >= 11 is 0. The lowest BCUT2D eigenvalue weighted by Gasteiger charge is -2.15. The average Bonchev–Trinajstić information content (AvgIpc) is 2.95. The number of nitrogens with zero attached hydrogens (tertiary/aromatic N) is 1. The molecule has 1 aliphatic heterocycles. The molecule has 1 aromatic carbocycles. The predicted octanol–water partition coefficient (Wildman–Crippen LogP) is 0.281. The summed E-state index contributed by atoms with van der Waals surface area (Å²) in [5.41, 5.74) is 12.6. The zero-order valence-electron chi connectivity index (χ0n) is 12.0. The first-order chi connectivity index (χ1) is 10.1. The van der Waals surface area contributed by atoms with Gasteiger partial charge in [0.15, 0.2) is 0 Å². The van der Waals surface area contributed by atoms with Crippen molar-refractivity contribution >= 4 is 17.5 Å². The van der Waals surface area contributed by atoms with Crippen molar-refractivity contribution in [1.29, 1.82) is 0 Å². The topological polar surface area (TPSA) is 101 Å². The van der Waals surface area contributed by atoms with Gasteiger partial charge >= 0.3 is 0 Å². The van der Waals surface area contributed by atoms with E-state index in [1.54, 1.807) is 0 Å². The number of amides is 2. The summed E-state index contributed by atoms with van der Waals surface area (Å²) in [5, 5.41) is 2.85. The molecule has 1 aromatic rings. The second kappa shape index (κ2) is 7.19. The Kier molecular flexibility index (Phi) is 5.30. The second-order valence-electron chi connectivity index (χ2n) is 5.39. The van der Waals surface area contributed by atoms with E-state index in [0.29, 0.717) is 26.1 Å². The fraction of sp³-hybridized carbons (Fsp3) is 0.467. The quantitative estimate of drug-likeness (QED) is 0.700. The number of nitrogens with two attached hydrogens (primary N) is 2. The smallest absolute Gasteiger partial charge is 0.225 e. The fourth-order valence-electron chi connectivity index (χ4n) is 2.48. The van der Waals surface area contributed by atoms with E-state index in [9.17, 15) is 9.59 Å². The summed E-state index contributed by atoms with van der Waals surface area (Å²) in [4.78, 5) is 25.1. The molecule has 6 heteroatoms. The van der Waals surface area contributed by atoms with Crippen molar-refractivity contribution in [1.82, 2.24) is 4.90 Å². The maximum absolute atomic E-state index is 11.9. The third-order valence-corrected chi connectivity index (χ3v) is 3.80. The lowest BCUT2D eigenvalue weighted by molar-refractivity contribution is -0.121. The molecule has 1 saturated heterocycles. The second-order valence-corrected chi connectivity index (χ2v) is 5.39. The molecule has 1 aliphatic rings. The Bertz CT molecular complexity index is 501. The first-order valence-electron chi connectivity index (χ1n) is 7.19. The molecular formula is C15H22N4O2. The fourth-order valence-corrected chi connectivity index (χ4v) is 2.48. The van der Waals surface area contributed by atoms with Crippen LogP contribution in [0.4, 0.5) is 5.69 Å². The highest BCUT2D eigenvalue weighted by molar-refractivity contribution is 5.90. The summed E-state index contributed by atoms with van der Waals surface area (Å²) in [7, 11) is 0. The first kappa shape index (κ1) is 15.5. The third-order valence-electron chi connectivity index (χ3n) is 3.80. The van der Waals surface area contributed by atoms with Crippen LogP contribution in [-0.4, -0.2) is 36.3 Å². The highest BCUT2D eigenvalue weighted by Gasteiger charge is 2.26. The van der Waals surface area contributed by atoms with E-state index < -0.39 is 0 Å². The monoisotopic (exact) mass is 290 g/mol. The summed E-state index contributed by atoms with van der Waals surface area (Å²) < 4.78 is 0. The number of rotatable bonds is 6. The average molecular weight is 290 g/mol. The number of anilines is 1. The predicted molar refractivity (Wildman–Crippen MR) is 81.3 cm³/mol. The lowest BCUT2D eigenvalue weighted by Crippen LogP contribution is -2.29. The molecular weight excluding hydrogens is 268 g/mol. The normalized spacial score (nSPS) is 18.6. The van der Waals surface area contributed by atoms with Gasteiger partial charge in [-0.05, 0) is 30.7 Å². The third kappa shape index (κ3) is 4.54. The molecule has 1 fully saturated rings. The minimum Gasteiger partial charge on any atom is -0.369 e. The van der Waals surface area contributed by atoms with Crippen LogP contribution in [0.15, 0.2) is 24.3 Å². The van der Waals surface area contributed by atoms with Crippen molar-refractivity contribution in [3.05, 3.63) is 29.8 Å². The molecule has 0 aromatic heterocycles. The number of hydrogen-bond acceptors (Lipinski definition) is 4. The van der Waals surface area contributed by atoms with Gasteiger partial charge in [0.2, 0.25) is 11.8 Å². The van der Waals surface area contributed by atoms with Crippen molar-refractivity contribution in [3.8, 4) is 0 Å². The summed E-state index contributed by atoms with van der Waals surface area (Å²) in [6.45, 7) is 2.63. The van der Waals surface area contributed by atoms with Gasteiger partial charge in [0, 0.05) is 31.7 Å². The Morgan fingerprint density at radius 1 is 1.29 bits per heavy atom. The Balaban J connectivity index is 1.73. The molecule has 0 saturated carbocycles. The van der Waals surface area contributed by atoms with Crippen LogP contribution in [0.5, 0.6) is 0 Å². The first-order valence-corrected chi connectivity index (χ1v) is 7.19. The van der Waals surface area contributed by atoms with Crippen LogP contribution in [0.3, 0.4) is 0 Å². The maximum Gasteiger partial charge on any atom is 0.225 e. The molecule has 0 radical (unpaired) electrons. The molecule has 1 atom stereocenters. The number of nitrogens with one attached hydrogen (secondary N) is 1. The Hall–Kier alpha value is -1.92. The Morgan fingerprint density at radius 3 is 2.57 bits per heavy atom. The van der Waals surface area contributed by atoms with Gasteiger partial charge in [0.05, 0.1) is 5.92 Å². The molecule has 0 bridgehead atoms. The van der Waals surface area contributed by atoms with Gasteiger partial charge in [-0.2, -0.15) is 0 Å². The van der Waals surface area contributed by atoms with E-state index in [-0.39, 0.29) is 17.7 Å². The molecule has 0 aliphatic carbocycles. The van der Waals surface area contributed by atoms with Crippen LogP contribution in [0.25, 0.3) is 0 Å². The SMILES string of the molecule is NCc1ccc(NC(=O)CCN2CCC(C(N)=O)C2)cc1. The number of benzene rings is 1. The van der Waals surface area contributed by atoms with Gasteiger partial charge < -0.3 is 21.7 Å². The molecule has 6 nitrogen and oxygen atoms in total. The van der Waals surface area contributed by atoms with Crippen LogP contribution < -0.4 is 16.8 Å². The minimum absolute atomic E-state index is 0.0296. The summed E-state index contributed by atoms with van der Waals surface area (Å²) in [6.07, 6.45) is 1.20. The van der Waals surface area contributed by atoms with Gasteiger partial charge in [-0.1, -0.05) is 12.1 Å². The van der Waals surface area contributed by atoms with Crippen molar-refractivity contribution in [3.63, 3.8) is 0 Å². The molecule has 0 spiro atoms. The molecule has 2 rings (SSSR count). The maximum atomic E-state index is 11.9. The number of primary amides is 1. The summed E-state index contributed by atoms with van der Waals surface area (Å²) in [5.74, 6) is -0.350. The zero-order chi connectivity index (χ0) is 15.2. The zero-order valence-corrected chi connectivity index (χ0v) is 12.0. The van der Waals surface area contributed by atoms with Crippen molar-refractivity contribution < 1.29 is 9.59 Å². The Morgan fingerprint density at radius 2 is 2.00 bits per heavy atom. The van der Waals surface area contributed by atoms with E-state index in [1.165, 1.54) is 0 Å². The van der Waals surface area contributed by atoms with Gasteiger partial charge in [-0.3, -0.25) is 9.59 Å². The molecule has 2 amide bonds. The van der Waals surface area contributed by atoms with E-state index in [2.05, 4.69) is 10.2 Å². The molecule has 5 N–H and O–H groups in total. The van der Waals surface area contributed by atoms with Gasteiger partial charge in [-0.25, -0.2) is 0 Å². The van der Waals surface area contributed by atoms with Crippen LogP contribution in [0.1, 0.15) is 18.4 Å². The minimum atomic E-state index is -0.248. The van der Waals surface area contributed by atoms with Gasteiger partial charge in [0.1, 0.15) is 0 Å². The summed E-state index contributed by atoms with van der Waals surface area (Å²) in [6, 6.07) is 7.49. The number of hydrogen-bond donors (Lipinski definition) is 3. The highest BCUT2D eigenvalue weighted by atomic mass is 16.2.